The molecular formula is C15H19N7. The standard InChI is InChI=1S/C15H19N7/c1-21-10-13(6-18-21)20-15-4-11(2-3-17-15)12-5-19-22(9-12)14-7-16-8-14/h2-6,9,13-14,16H,7-8,10H2,1H3,(H,17,20). The number of hydrogen-bond acceptors (Lipinski definition) is 6. The molecule has 0 saturated carbocycles. The summed E-state index contributed by atoms with van der Waals surface area (Å²) in [7, 11) is 1.96. The minimum atomic E-state index is 0.205. The summed E-state index contributed by atoms with van der Waals surface area (Å²) in [6, 6.07) is 4.77. The van der Waals surface area contributed by atoms with Crippen LogP contribution in [0.1, 0.15) is 6.04 Å². The van der Waals surface area contributed by atoms with Gasteiger partial charge in [0.15, 0.2) is 0 Å². The van der Waals surface area contributed by atoms with Crippen LogP contribution in [-0.2, 0) is 0 Å². The molecule has 0 amide bonds. The smallest absolute Gasteiger partial charge is 0.127 e. The van der Waals surface area contributed by atoms with E-state index in [9.17, 15) is 0 Å². The van der Waals surface area contributed by atoms with Gasteiger partial charge in [-0.05, 0) is 17.7 Å². The van der Waals surface area contributed by atoms with Crippen LogP contribution in [0.2, 0.25) is 0 Å². The summed E-state index contributed by atoms with van der Waals surface area (Å²) >= 11 is 0. The van der Waals surface area contributed by atoms with Crippen LogP contribution in [0.25, 0.3) is 11.1 Å². The van der Waals surface area contributed by atoms with Crippen LogP contribution in [0, 0.1) is 0 Å². The van der Waals surface area contributed by atoms with Gasteiger partial charge in [0, 0.05) is 44.3 Å². The molecule has 7 nitrogen and oxygen atoms in total. The Morgan fingerprint density at radius 2 is 2.23 bits per heavy atom. The number of likely N-dealkylation sites (N-methyl/N-ethyl adjacent to an activating group) is 1. The van der Waals surface area contributed by atoms with Crippen molar-refractivity contribution in [1.82, 2.24) is 25.1 Å². The van der Waals surface area contributed by atoms with E-state index in [0.717, 1.165) is 36.6 Å². The first kappa shape index (κ1) is 13.3. The van der Waals surface area contributed by atoms with Gasteiger partial charge in [0.05, 0.1) is 24.8 Å². The number of nitrogens with one attached hydrogen (secondary N) is 2. The lowest BCUT2D eigenvalue weighted by atomic mass is 10.1. The van der Waals surface area contributed by atoms with Crippen molar-refractivity contribution < 1.29 is 0 Å². The number of rotatable bonds is 4. The molecule has 0 bridgehead atoms. The van der Waals surface area contributed by atoms with Crippen molar-refractivity contribution in [3.63, 3.8) is 0 Å². The normalized spacial score (nSPS) is 21.1. The van der Waals surface area contributed by atoms with E-state index >= 15 is 0 Å². The van der Waals surface area contributed by atoms with Crippen molar-refractivity contribution >= 4 is 12.0 Å². The van der Waals surface area contributed by atoms with Crippen molar-refractivity contribution in [2.75, 3.05) is 32.0 Å². The third-order valence-electron chi connectivity index (χ3n) is 4.07. The van der Waals surface area contributed by atoms with Gasteiger partial charge in [-0.1, -0.05) is 0 Å². The summed E-state index contributed by atoms with van der Waals surface area (Å²) in [6.07, 6.45) is 7.77. The van der Waals surface area contributed by atoms with Gasteiger partial charge in [0.2, 0.25) is 0 Å². The maximum absolute atomic E-state index is 4.47. The number of anilines is 1. The third-order valence-corrected chi connectivity index (χ3v) is 4.07. The molecule has 1 fully saturated rings. The Morgan fingerprint density at radius 3 is 2.95 bits per heavy atom. The predicted octanol–water partition coefficient (Wildman–Crippen LogP) is 0.801. The van der Waals surface area contributed by atoms with E-state index in [1.54, 1.807) is 0 Å². The summed E-state index contributed by atoms with van der Waals surface area (Å²) in [5.41, 5.74) is 2.24. The molecule has 2 aromatic rings. The summed E-state index contributed by atoms with van der Waals surface area (Å²) in [5, 5.41) is 17.3. The second-order valence-electron chi connectivity index (χ2n) is 5.81. The average molecular weight is 297 g/mol. The highest BCUT2D eigenvalue weighted by molar-refractivity contribution is 5.72. The molecule has 4 heterocycles. The summed E-state index contributed by atoms with van der Waals surface area (Å²) < 4.78 is 2.04. The molecule has 2 aliphatic rings. The van der Waals surface area contributed by atoms with E-state index in [1.807, 2.05) is 41.4 Å². The first-order valence-electron chi connectivity index (χ1n) is 7.51. The van der Waals surface area contributed by atoms with Crippen molar-refractivity contribution in [3.8, 4) is 11.1 Å². The van der Waals surface area contributed by atoms with Gasteiger partial charge in [-0.15, -0.1) is 0 Å². The van der Waals surface area contributed by atoms with E-state index in [0.29, 0.717) is 6.04 Å². The van der Waals surface area contributed by atoms with Gasteiger partial charge >= 0.3 is 0 Å². The number of hydrazone groups is 1. The minimum Gasteiger partial charge on any atom is -0.360 e. The van der Waals surface area contributed by atoms with Gasteiger partial charge < -0.3 is 10.6 Å². The number of nitrogens with zero attached hydrogens (tertiary/aromatic N) is 5. The van der Waals surface area contributed by atoms with E-state index in [2.05, 4.69) is 38.1 Å². The van der Waals surface area contributed by atoms with Crippen LogP contribution in [-0.4, -0.2) is 58.7 Å². The minimum absolute atomic E-state index is 0.205. The zero-order valence-corrected chi connectivity index (χ0v) is 12.5. The predicted molar refractivity (Wildman–Crippen MR) is 85.9 cm³/mol. The molecule has 2 aromatic heterocycles. The molecule has 0 aromatic carbocycles. The molecule has 7 heteroatoms. The van der Waals surface area contributed by atoms with Crippen molar-refractivity contribution in [3.05, 3.63) is 30.7 Å². The second-order valence-corrected chi connectivity index (χ2v) is 5.81. The molecule has 114 valence electrons. The zero-order chi connectivity index (χ0) is 14.9. The van der Waals surface area contributed by atoms with Gasteiger partial charge in [-0.2, -0.15) is 10.2 Å². The fourth-order valence-electron chi connectivity index (χ4n) is 2.68. The molecule has 1 atom stereocenters. The zero-order valence-electron chi connectivity index (χ0n) is 12.5. The molecule has 1 saturated heterocycles. The van der Waals surface area contributed by atoms with Crippen LogP contribution < -0.4 is 10.6 Å². The lowest BCUT2D eigenvalue weighted by Crippen LogP contribution is -2.43. The number of pyridine rings is 1. The highest BCUT2D eigenvalue weighted by atomic mass is 15.5. The van der Waals surface area contributed by atoms with E-state index < -0.39 is 0 Å². The quantitative estimate of drug-likeness (QED) is 0.873. The summed E-state index contributed by atoms with van der Waals surface area (Å²) in [4.78, 5) is 4.39. The first-order chi connectivity index (χ1) is 10.8. The van der Waals surface area contributed by atoms with E-state index in [1.165, 1.54) is 0 Å². The largest absolute Gasteiger partial charge is 0.360 e. The number of aromatic nitrogens is 3. The molecular weight excluding hydrogens is 278 g/mol. The molecule has 2 N–H and O–H groups in total. The van der Waals surface area contributed by atoms with Crippen LogP contribution >= 0.6 is 0 Å². The SMILES string of the molecule is CN1CC(Nc2cc(-c3cnn(C4CNC4)c3)ccn2)C=N1. The molecule has 4 rings (SSSR count). The topological polar surface area (TPSA) is 70.4 Å². The molecule has 0 radical (unpaired) electrons. The molecule has 2 aliphatic heterocycles. The van der Waals surface area contributed by atoms with Crippen LogP contribution in [0.4, 0.5) is 5.82 Å². The van der Waals surface area contributed by atoms with Gasteiger partial charge in [0.1, 0.15) is 5.82 Å². The van der Waals surface area contributed by atoms with Crippen LogP contribution in [0.5, 0.6) is 0 Å². The highest BCUT2D eigenvalue weighted by Crippen LogP contribution is 2.23. The summed E-state index contributed by atoms with van der Waals surface area (Å²) in [6.45, 7) is 2.86. The number of hydrogen-bond donors (Lipinski definition) is 2. The highest BCUT2D eigenvalue weighted by Gasteiger charge is 2.20. The lowest BCUT2D eigenvalue weighted by Gasteiger charge is -2.27. The monoisotopic (exact) mass is 297 g/mol. The van der Waals surface area contributed by atoms with Gasteiger partial charge in [0.25, 0.3) is 0 Å². The molecule has 22 heavy (non-hydrogen) atoms. The summed E-state index contributed by atoms with van der Waals surface area (Å²) in [5.74, 6) is 0.863. The second kappa shape index (κ2) is 5.42. The Kier molecular flexibility index (Phi) is 3.27. The Hall–Kier alpha value is -2.41. The van der Waals surface area contributed by atoms with Gasteiger partial charge in [-0.25, -0.2) is 4.98 Å². The van der Waals surface area contributed by atoms with Crippen LogP contribution in [0.15, 0.2) is 35.8 Å². The third kappa shape index (κ3) is 2.55. The van der Waals surface area contributed by atoms with Crippen molar-refractivity contribution in [1.29, 1.82) is 0 Å². The Balaban J connectivity index is 1.51. The van der Waals surface area contributed by atoms with Crippen molar-refractivity contribution in [2.24, 2.45) is 5.10 Å². The fourth-order valence-corrected chi connectivity index (χ4v) is 2.68. The molecule has 1 unspecified atom stereocenters. The maximum atomic E-state index is 4.47. The molecule has 0 aliphatic carbocycles. The van der Waals surface area contributed by atoms with E-state index in [4.69, 9.17) is 0 Å². The van der Waals surface area contributed by atoms with Crippen LogP contribution in [0.3, 0.4) is 0 Å². The lowest BCUT2D eigenvalue weighted by molar-refractivity contribution is 0.318. The average Bonchev–Trinajstić information content (AvgIpc) is 3.07. The maximum Gasteiger partial charge on any atom is 0.127 e. The van der Waals surface area contributed by atoms with Gasteiger partial charge in [-0.3, -0.25) is 9.69 Å². The first-order valence-corrected chi connectivity index (χ1v) is 7.51. The Bertz CT molecular complexity index is 689. The Morgan fingerprint density at radius 1 is 1.32 bits per heavy atom. The Labute approximate surface area is 129 Å². The molecule has 0 spiro atoms. The fraction of sp³-hybridized carbons (Fsp3) is 0.400. The van der Waals surface area contributed by atoms with E-state index in [-0.39, 0.29) is 6.04 Å². The van der Waals surface area contributed by atoms with Crippen molar-refractivity contribution in [2.45, 2.75) is 12.1 Å².